The van der Waals surface area contributed by atoms with Crippen molar-refractivity contribution in [3.8, 4) is 0 Å². The minimum atomic E-state index is -0.0432. The van der Waals surface area contributed by atoms with Crippen LogP contribution in [0.3, 0.4) is 0 Å². The van der Waals surface area contributed by atoms with Crippen LogP contribution in [0.4, 0.5) is 0 Å². The molecule has 3 heteroatoms. The fraction of sp³-hybridized carbons (Fsp3) is 0.562. The van der Waals surface area contributed by atoms with Gasteiger partial charge in [0, 0.05) is 19.6 Å². The normalized spacial score (nSPS) is 17.5. The van der Waals surface area contributed by atoms with Crippen molar-refractivity contribution in [3.63, 3.8) is 0 Å². The third-order valence-electron chi connectivity index (χ3n) is 3.96. The Kier molecular flexibility index (Phi) is 4.97. The van der Waals surface area contributed by atoms with Crippen LogP contribution in [0.15, 0.2) is 30.3 Å². The zero-order chi connectivity index (χ0) is 13.7. The zero-order valence-corrected chi connectivity index (χ0v) is 12.0. The van der Waals surface area contributed by atoms with E-state index in [1.165, 1.54) is 12.0 Å². The Hall–Kier alpha value is -1.35. The number of likely N-dealkylation sites (N-methyl/N-ethyl adjacent to an activating group) is 1. The summed E-state index contributed by atoms with van der Waals surface area (Å²) in [5.74, 6) is 0.276. The number of rotatable bonds is 4. The Balaban J connectivity index is 1.90. The third kappa shape index (κ3) is 3.80. The van der Waals surface area contributed by atoms with Crippen LogP contribution < -0.4 is 0 Å². The SMILES string of the molecule is CC(C(=O)N1CCCCC1)N(C)Cc1ccccc1. The largest absolute Gasteiger partial charge is 0.341 e. The van der Waals surface area contributed by atoms with Gasteiger partial charge in [-0.05, 0) is 38.8 Å². The highest BCUT2D eigenvalue weighted by Gasteiger charge is 2.24. The molecule has 2 rings (SSSR count). The number of hydrogen-bond donors (Lipinski definition) is 0. The van der Waals surface area contributed by atoms with Gasteiger partial charge in [0.1, 0.15) is 0 Å². The highest BCUT2D eigenvalue weighted by atomic mass is 16.2. The number of hydrogen-bond acceptors (Lipinski definition) is 2. The molecule has 1 aliphatic rings. The zero-order valence-electron chi connectivity index (χ0n) is 12.0. The maximum Gasteiger partial charge on any atom is 0.239 e. The molecule has 1 amide bonds. The molecule has 104 valence electrons. The van der Waals surface area contributed by atoms with Gasteiger partial charge < -0.3 is 4.90 Å². The van der Waals surface area contributed by atoms with Gasteiger partial charge in [0.25, 0.3) is 0 Å². The van der Waals surface area contributed by atoms with Crippen LogP contribution in [0.25, 0.3) is 0 Å². The Morgan fingerprint density at radius 3 is 2.47 bits per heavy atom. The van der Waals surface area contributed by atoms with Gasteiger partial charge in [0.2, 0.25) is 5.91 Å². The second-order valence-corrected chi connectivity index (χ2v) is 5.46. The number of amides is 1. The summed E-state index contributed by atoms with van der Waals surface area (Å²) < 4.78 is 0. The van der Waals surface area contributed by atoms with Gasteiger partial charge in [-0.25, -0.2) is 0 Å². The molecule has 1 unspecified atom stereocenters. The van der Waals surface area contributed by atoms with Crippen molar-refractivity contribution >= 4 is 5.91 Å². The molecule has 0 N–H and O–H groups in total. The summed E-state index contributed by atoms with van der Waals surface area (Å²) in [5.41, 5.74) is 1.25. The summed E-state index contributed by atoms with van der Waals surface area (Å²) in [6.45, 7) is 4.70. The average Bonchev–Trinajstić information content (AvgIpc) is 2.47. The van der Waals surface area contributed by atoms with Crippen molar-refractivity contribution in [2.45, 2.75) is 38.8 Å². The van der Waals surface area contributed by atoms with Crippen LogP contribution in [0.2, 0.25) is 0 Å². The lowest BCUT2D eigenvalue weighted by atomic mass is 10.1. The maximum absolute atomic E-state index is 12.4. The molecule has 1 aromatic carbocycles. The molecule has 0 saturated carbocycles. The standard InChI is InChI=1S/C16H24N2O/c1-14(16(19)18-11-7-4-8-12-18)17(2)13-15-9-5-3-6-10-15/h3,5-6,9-10,14H,4,7-8,11-13H2,1-2H3. The van der Waals surface area contributed by atoms with E-state index in [0.29, 0.717) is 0 Å². The van der Waals surface area contributed by atoms with Crippen molar-refractivity contribution in [2.75, 3.05) is 20.1 Å². The quantitative estimate of drug-likeness (QED) is 0.830. The van der Waals surface area contributed by atoms with Gasteiger partial charge in [-0.1, -0.05) is 30.3 Å². The summed E-state index contributed by atoms with van der Waals surface area (Å²) in [5, 5.41) is 0. The number of benzene rings is 1. The second-order valence-electron chi connectivity index (χ2n) is 5.46. The number of likely N-dealkylation sites (tertiary alicyclic amines) is 1. The summed E-state index contributed by atoms with van der Waals surface area (Å²) >= 11 is 0. The molecule has 1 heterocycles. The average molecular weight is 260 g/mol. The van der Waals surface area contributed by atoms with Crippen LogP contribution in [0, 0.1) is 0 Å². The molecule has 0 bridgehead atoms. The fourth-order valence-corrected chi connectivity index (χ4v) is 2.58. The fourth-order valence-electron chi connectivity index (χ4n) is 2.58. The van der Waals surface area contributed by atoms with E-state index in [9.17, 15) is 4.79 Å². The molecule has 1 fully saturated rings. The lowest BCUT2D eigenvalue weighted by molar-refractivity contribution is -0.137. The molecule has 1 saturated heterocycles. The maximum atomic E-state index is 12.4. The predicted molar refractivity (Wildman–Crippen MR) is 77.8 cm³/mol. The van der Waals surface area contributed by atoms with Crippen molar-refractivity contribution in [3.05, 3.63) is 35.9 Å². The summed E-state index contributed by atoms with van der Waals surface area (Å²) in [7, 11) is 2.03. The van der Waals surface area contributed by atoms with Crippen LogP contribution in [-0.4, -0.2) is 41.9 Å². The Bertz CT molecular complexity index is 398. The molecule has 3 nitrogen and oxygen atoms in total. The molecular formula is C16H24N2O. The van der Waals surface area contributed by atoms with Crippen LogP contribution >= 0.6 is 0 Å². The van der Waals surface area contributed by atoms with E-state index in [0.717, 1.165) is 32.5 Å². The van der Waals surface area contributed by atoms with E-state index in [2.05, 4.69) is 17.0 Å². The number of carbonyl (C=O) groups is 1. The van der Waals surface area contributed by atoms with Crippen molar-refractivity contribution < 1.29 is 4.79 Å². The Morgan fingerprint density at radius 2 is 1.84 bits per heavy atom. The lowest BCUT2D eigenvalue weighted by Crippen LogP contribution is -2.47. The van der Waals surface area contributed by atoms with Crippen molar-refractivity contribution in [1.29, 1.82) is 0 Å². The van der Waals surface area contributed by atoms with E-state index >= 15 is 0 Å². The molecule has 0 spiro atoms. The number of piperidine rings is 1. The molecule has 1 aromatic rings. The van der Waals surface area contributed by atoms with E-state index in [-0.39, 0.29) is 11.9 Å². The number of carbonyl (C=O) groups excluding carboxylic acids is 1. The highest BCUT2D eigenvalue weighted by Crippen LogP contribution is 2.13. The van der Waals surface area contributed by atoms with E-state index in [1.807, 2.05) is 37.1 Å². The van der Waals surface area contributed by atoms with Crippen molar-refractivity contribution in [2.24, 2.45) is 0 Å². The summed E-state index contributed by atoms with van der Waals surface area (Å²) in [6.07, 6.45) is 3.57. The topological polar surface area (TPSA) is 23.6 Å². The van der Waals surface area contributed by atoms with Crippen molar-refractivity contribution in [1.82, 2.24) is 9.80 Å². The summed E-state index contributed by atoms with van der Waals surface area (Å²) in [4.78, 5) is 16.6. The van der Waals surface area contributed by atoms with E-state index in [1.54, 1.807) is 0 Å². The van der Waals surface area contributed by atoms with Gasteiger partial charge in [0.15, 0.2) is 0 Å². The van der Waals surface area contributed by atoms with Gasteiger partial charge in [0.05, 0.1) is 6.04 Å². The van der Waals surface area contributed by atoms with Crippen LogP contribution in [0.5, 0.6) is 0 Å². The van der Waals surface area contributed by atoms with Gasteiger partial charge >= 0.3 is 0 Å². The predicted octanol–water partition coefficient (Wildman–Crippen LogP) is 2.52. The highest BCUT2D eigenvalue weighted by molar-refractivity contribution is 5.81. The van der Waals surface area contributed by atoms with Gasteiger partial charge in [-0.15, -0.1) is 0 Å². The lowest BCUT2D eigenvalue weighted by Gasteiger charge is -2.32. The number of nitrogens with zero attached hydrogens (tertiary/aromatic N) is 2. The van der Waals surface area contributed by atoms with Gasteiger partial charge in [-0.3, -0.25) is 9.69 Å². The van der Waals surface area contributed by atoms with Crippen LogP contribution in [-0.2, 0) is 11.3 Å². The molecule has 0 aliphatic carbocycles. The molecule has 19 heavy (non-hydrogen) atoms. The van der Waals surface area contributed by atoms with Crippen LogP contribution in [0.1, 0.15) is 31.7 Å². The first-order chi connectivity index (χ1) is 9.18. The molecule has 1 aliphatic heterocycles. The third-order valence-corrected chi connectivity index (χ3v) is 3.96. The first-order valence-electron chi connectivity index (χ1n) is 7.21. The minimum Gasteiger partial charge on any atom is -0.341 e. The first-order valence-corrected chi connectivity index (χ1v) is 7.21. The van der Waals surface area contributed by atoms with Gasteiger partial charge in [-0.2, -0.15) is 0 Å². The monoisotopic (exact) mass is 260 g/mol. The molecular weight excluding hydrogens is 236 g/mol. The Labute approximate surface area is 116 Å². The molecule has 0 aromatic heterocycles. The summed E-state index contributed by atoms with van der Waals surface area (Å²) in [6, 6.07) is 10.3. The second kappa shape index (κ2) is 6.71. The molecule has 0 radical (unpaired) electrons. The molecule has 1 atom stereocenters. The van der Waals surface area contributed by atoms with E-state index in [4.69, 9.17) is 0 Å². The Morgan fingerprint density at radius 1 is 1.21 bits per heavy atom. The minimum absolute atomic E-state index is 0.0432. The van der Waals surface area contributed by atoms with E-state index < -0.39 is 0 Å². The first kappa shape index (κ1) is 14.1. The smallest absolute Gasteiger partial charge is 0.239 e.